The molecule has 1 spiro atoms. The standard InChI is InChI=1S/C27H37N4O3P/c1-20-15-30(25-11-10-24(14-28-25)35(3,4)33)16-21(2)31(20)26(32)34-23-12-27(13-23)18-29(19-27)17-22-8-6-5-7-9-22/h5-11,14,20-21,23H,12-13,15-19H2,1-4H3/t20-,21+. The summed E-state index contributed by atoms with van der Waals surface area (Å²) >= 11 is 0. The van der Waals surface area contributed by atoms with E-state index in [-0.39, 0.29) is 24.3 Å². The van der Waals surface area contributed by atoms with Gasteiger partial charge >= 0.3 is 6.09 Å². The normalized spacial score (nSPS) is 24.7. The number of hydrogen-bond donors (Lipinski definition) is 0. The number of pyridine rings is 1. The Balaban J connectivity index is 1.10. The predicted molar refractivity (Wildman–Crippen MR) is 140 cm³/mol. The highest BCUT2D eigenvalue weighted by Gasteiger charge is 2.54. The Hall–Kier alpha value is -2.37. The lowest BCUT2D eigenvalue weighted by atomic mass is 9.61. The van der Waals surface area contributed by atoms with Crippen LogP contribution >= 0.6 is 7.14 Å². The van der Waals surface area contributed by atoms with Crippen LogP contribution in [0.1, 0.15) is 32.3 Å². The molecule has 0 N–H and O–H groups in total. The summed E-state index contributed by atoms with van der Waals surface area (Å²) in [5.41, 5.74) is 1.70. The van der Waals surface area contributed by atoms with E-state index in [1.165, 1.54) is 5.56 Å². The number of rotatable bonds is 5. The van der Waals surface area contributed by atoms with Gasteiger partial charge in [0.15, 0.2) is 0 Å². The van der Waals surface area contributed by atoms with Crippen LogP contribution in [-0.4, -0.2) is 78.6 Å². The molecule has 188 valence electrons. The van der Waals surface area contributed by atoms with E-state index < -0.39 is 7.14 Å². The van der Waals surface area contributed by atoms with Crippen molar-refractivity contribution in [2.45, 2.75) is 51.4 Å². The lowest BCUT2D eigenvalue weighted by Gasteiger charge is -2.58. The number of carbonyl (C=O) groups is 1. The number of hydrogen-bond acceptors (Lipinski definition) is 6. The molecule has 2 saturated heterocycles. The van der Waals surface area contributed by atoms with Crippen LogP contribution < -0.4 is 10.2 Å². The Bertz CT molecular complexity index is 1080. The molecule has 2 aliphatic heterocycles. The maximum absolute atomic E-state index is 13.1. The zero-order valence-electron chi connectivity index (χ0n) is 21.3. The van der Waals surface area contributed by atoms with E-state index in [0.29, 0.717) is 18.5 Å². The Labute approximate surface area is 208 Å². The Morgan fingerprint density at radius 2 is 1.71 bits per heavy atom. The topological polar surface area (TPSA) is 66.0 Å². The van der Waals surface area contributed by atoms with Crippen molar-refractivity contribution < 1.29 is 14.1 Å². The molecule has 0 unspecified atom stereocenters. The third-order valence-corrected chi connectivity index (χ3v) is 9.27. The van der Waals surface area contributed by atoms with Crippen molar-refractivity contribution in [3.8, 4) is 0 Å². The molecule has 1 aromatic carbocycles. The van der Waals surface area contributed by atoms with Crippen LogP contribution in [0, 0.1) is 5.41 Å². The maximum Gasteiger partial charge on any atom is 0.410 e. The highest BCUT2D eigenvalue weighted by atomic mass is 31.2. The molecule has 1 aliphatic carbocycles. The average Bonchev–Trinajstić information content (AvgIpc) is 2.76. The molecule has 2 aromatic rings. The van der Waals surface area contributed by atoms with Gasteiger partial charge in [-0.2, -0.15) is 0 Å². The molecule has 0 bridgehead atoms. The van der Waals surface area contributed by atoms with Crippen LogP contribution in [0.2, 0.25) is 0 Å². The largest absolute Gasteiger partial charge is 0.446 e. The number of anilines is 1. The van der Waals surface area contributed by atoms with E-state index >= 15 is 0 Å². The van der Waals surface area contributed by atoms with Crippen molar-refractivity contribution in [2.24, 2.45) is 5.41 Å². The second-order valence-electron chi connectivity index (χ2n) is 11.3. The van der Waals surface area contributed by atoms with Gasteiger partial charge in [0.05, 0.1) is 12.1 Å². The highest BCUT2D eigenvalue weighted by molar-refractivity contribution is 7.70. The van der Waals surface area contributed by atoms with Gasteiger partial charge in [0.25, 0.3) is 0 Å². The minimum absolute atomic E-state index is 0.0234. The summed E-state index contributed by atoms with van der Waals surface area (Å²) in [5, 5.41) is 0.789. The fourth-order valence-electron chi connectivity index (χ4n) is 6.06. The molecule has 8 heteroatoms. The van der Waals surface area contributed by atoms with E-state index in [1.807, 2.05) is 17.0 Å². The molecule has 3 aliphatic rings. The Morgan fingerprint density at radius 3 is 2.29 bits per heavy atom. The summed E-state index contributed by atoms with van der Waals surface area (Å²) in [5.74, 6) is 0.861. The van der Waals surface area contributed by atoms with E-state index in [4.69, 9.17) is 4.74 Å². The van der Waals surface area contributed by atoms with Gasteiger partial charge in [0.1, 0.15) is 19.1 Å². The number of ether oxygens (including phenoxy) is 1. The molecule has 1 amide bonds. The van der Waals surface area contributed by atoms with Crippen LogP contribution in [0.15, 0.2) is 48.7 Å². The van der Waals surface area contributed by atoms with Gasteiger partial charge in [-0.1, -0.05) is 30.3 Å². The molecular formula is C27H37N4O3P. The van der Waals surface area contributed by atoms with Crippen LogP contribution in [0.4, 0.5) is 10.6 Å². The number of likely N-dealkylation sites (tertiary alicyclic amines) is 1. The minimum atomic E-state index is -2.32. The van der Waals surface area contributed by atoms with E-state index in [1.54, 1.807) is 19.5 Å². The molecule has 2 atom stereocenters. The van der Waals surface area contributed by atoms with Crippen LogP contribution in [-0.2, 0) is 15.8 Å². The molecule has 3 heterocycles. The lowest BCUT2D eigenvalue weighted by molar-refractivity contribution is -0.137. The van der Waals surface area contributed by atoms with Gasteiger partial charge in [0.2, 0.25) is 0 Å². The smallest absolute Gasteiger partial charge is 0.410 e. The van der Waals surface area contributed by atoms with Gasteiger partial charge in [-0.15, -0.1) is 0 Å². The molecule has 1 aromatic heterocycles. The fraction of sp³-hybridized carbons (Fsp3) is 0.556. The quantitative estimate of drug-likeness (QED) is 0.583. The second kappa shape index (κ2) is 9.25. The lowest BCUT2D eigenvalue weighted by Crippen LogP contribution is -2.65. The summed E-state index contributed by atoms with van der Waals surface area (Å²) in [6.45, 7) is 12.2. The van der Waals surface area contributed by atoms with Crippen molar-refractivity contribution in [1.82, 2.24) is 14.8 Å². The maximum atomic E-state index is 13.1. The summed E-state index contributed by atoms with van der Waals surface area (Å²) in [4.78, 5) is 24.2. The van der Waals surface area contributed by atoms with E-state index in [9.17, 15) is 9.36 Å². The Morgan fingerprint density at radius 1 is 1.06 bits per heavy atom. The van der Waals surface area contributed by atoms with Crippen molar-refractivity contribution in [3.05, 3.63) is 54.2 Å². The molecular weight excluding hydrogens is 459 g/mol. The first-order valence-electron chi connectivity index (χ1n) is 12.6. The van der Waals surface area contributed by atoms with Crippen LogP contribution in [0.5, 0.6) is 0 Å². The third kappa shape index (κ3) is 5.12. The first-order chi connectivity index (χ1) is 16.6. The highest BCUT2D eigenvalue weighted by Crippen LogP contribution is 2.50. The summed E-state index contributed by atoms with van der Waals surface area (Å²) < 4.78 is 18.2. The second-order valence-corrected chi connectivity index (χ2v) is 14.5. The molecule has 3 fully saturated rings. The molecule has 5 rings (SSSR count). The SMILES string of the molecule is C[C@@H]1CN(c2ccc(P(C)(C)=O)cn2)C[C@H](C)N1C(=O)OC1CC2(C1)CN(Cc1ccccc1)C2. The van der Waals surface area contributed by atoms with Crippen molar-refractivity contribution >= 4 is 24.4 Å². The number of nitrogens with zero attached hydrogens (tertiary/aromatic N) is 4. The van der Waals surface area contributed by atoms with Gasteiger partial charge in [-0.05, 0) is 57.7 Å². The van der Waals surface area contributed by atoms with Gasteiger partial charge in [-0.3, -0.25) is 9.80 Å². The molecule has 35 heavy (non-hydrogen) atoms. The van der Waals surface area contributed by atoms with Crippen molar-refractivity contribution in [1.29, 1.82) is 0 Å². The van der Waals surface area contributed by atoms with E-state index in [0.717, 1.165) is 43.6 Å². The van der Waals surface area contributed by atoms with Gasteiger partial charge < -0.3 is 14.2 Å². The molecule has 7 nitrogen and oxygen atoms in total. The van der Waals surface area contributed by atoms with Gasteiger partial charge in [-0.25, -0.2) is 9.78 Å². The zero-order chi connectivity index (χ0) is 24.8. The monoisotopic (exact) mass is 496 g/mol. The fourth-order valence-corrected chi connectivity index (χ4v) is 6.83. The summed E-state index contributed by atoms with van der Waals surface area (Å²) in [7, 11) is -2.32. The minimum Gasteiger partial charge on any atom is -0.446 e. The first-order valence-corrected chi connectivity index (χ1v) is 15.2. The summed E-state index contributed by atoms with van der Waals surface area (Å²) in [6.07, 6.45) is 3.52. The summed E-state index contributed by atoms with van der Waals surface area (Å²) in [6, 6.07) is 14.5. The number of aromatic nitrogens is 1. The van der Waals surface area contributed by atoms with Crippen molar-refractivity contribution in [2.75, 3.05) is 44.4 Å². The van der Waals surface area contributed by atoms with Crippen molar-refractivity contribution in [3.63, 3.8) is 0 Å². The van der Waals surface area contributed by atoms with Gasteiger partial charge in [0, 0.05) is 49.6 Å². The molecule has 1 saturated carbocycles. The number of amides is 1. The average molecular weight is 497 g/mol. The third-order valence-electron chi connectivity index (χ3n) is 7.76. The Kier molecular flexibility index (Phi) is 6.43. The number of benzene rings is 1. The number of piperazine rings is 1. The van der Waals surface area contributed by atoms with Crippen LogP contribution in [0.3, 0.4) is 0 Å². The first kappa shape index (κ1) is 24.3. The van der Waals surface area contributed by atoms with Crippen LogP contribution in [0.25, 0.3) is 0 Å². The predicted octanol–water partition coefficient (Wildman–Crippen LogP) is 4.03. The van der Waals surface area contributed by atoms with E-state index in [2.05, 4.69) is 59.0 Å². The number of carbonyl (C=O) groups excluding carboxylic acids is 1. The molecule has 0 radical (unpaired) electrons. The zero-order valence-corrected chi connectivity index (χ0v) is 22.2.